The summed E-state index contributed by atoms with van der Waals surface area (Å²) in [5.74, 6) is -1.43. The van der Waals surface area contributed by atoms with Crippen LogP contribution in [0.2, 0.25) is 0 Å². The van der Waals surface area contributed by atoms with Gasteiger partial charge in [0.25, 0.3) is 0 Å². The number of carboxylic acid groups (broad SMARTS) is 1. The van der Waals surface area contributed by atoms with Gasteiger partial charge >= 0.3 is 5.97 Å². The first kappa shape index (κ1) is 10.7. The van der Waals surface area contributed by atoms with Gasteiger partial charge in [0.1, 0.15) is 6.04 Å². The van der Waals surface area contributed by atoms with Crippen molar-refractivity contribution in [3.05, 3.63) is 12.2 Å². The quantitative estimate of drug-likeness (QED) is 0.594. The molecule has 0 aromatic rings. The van der Waals surface area contributed by atoms with Gasteiger partial charge in [-0.1, -0.05) is 6.08 Å². The molecule has 0 radical (unpaired) electrons. The Hall–Kier alpha value is -1.36. The highest BCUT2D eigenvalue weighted by Crippen LogP contribution is 2.18. The van der Waals surface area contributed by atoms with Gasteiger partial charge in [-0.15, -0.1) is 0 Å². The van der Waals surface area contributed by atoms with Crippen molar-refractivity contribution in [3.63, 3.8) is 0 Å². The first-order valence-corrected chi connectivity index (χ1v) is 4.40. The summed E-state index contributed by atoms with van der Waals surface area (Å²) in [6, 6.07) is -0.895. The lowest BCUT2D eigenvalue weighted by Crippen LogP contribution is -2.39. The molecule has 1 aliphatic rings. The van der Waals surface area contributed by atoms with Gasteiger partial charge in [-0.2, -0.15) is 0 Å². The molecule has 0 bridgehead atoms. The second kappa shape index (κ2) is 4.23. The Balaban J connectivity index is 2.76. The first-order valence-electron chi connectivity index (χ1n) is 4.40. The highest BCUT2D eigenvalue weighted by Gasteiger charge is 2.37. The van der Waals surface area contributed by atoms with Gasteiger partial charge < -0.3 is 15.1 Å². The van der Waals surface area contributed by atoms with Crippen LogP contribution in [0.15, 0.2) is 12.2 Å². The van der Waals surface area contributed by atoms with Crippen molar-refractivity contribution in [2.45, 2.75) is 25.5 Å². The molecular weight excluding hydrogens is 186 g/mol. The Labute approximate surface area is 81.6 Å². The molecule has 5 nitrogen and oxygen atoms in total. The van der Waals surface area contributed by atoms with E-state index in [0.29, 0.717) is 0 Å². The largest absolute Gasteiger partial charge is 0.480 e. The Morgan fingerprint density at radius 3 is 2.64 bits per heavy atom. The van der Waals surface area contributed by atoms with E-state index < -0.39 is 18.1 Å². The van der Waals surface area contributed by atoms with E-state index in [0.717, 1.165) is 0 Å². The lowest BCUT2D eigenvalue weighted by Gasteiger charge is -2.18. The Bertz CT molecular complexity index is 274. The maximum Gasteiger partial charge on any atom is 0.326 e. The Morgan fingerprint density at radius 2 is 2.14 bits per heavy atom. The zero-order chi connectivity index (χ0) is 10.7. The van der Waals surface area contributed by atoms with Crippen LogP contribution in [-0.2, 0) is 9.59 Å². The molecule has 0 aromatic carbocycles. The predicted octanol–water partition coefficient (Wildman–Crippen LogP) is -0.391. The fraction of sp³-hybridized carbons (Fsp3) is 0.556. The standard InChI is InChI=1S/C9H13NO4/c1-2-3-8(12)10-5-6(11)4-7(10)9(13)14/h2-3,6-7,11H,4-5H2,1H3,(H,13,14)/t6-,7-/m1/s1. The number of carboxylic acids is 1. The van der Waals surface area contributed by atoms with E-state index in [-0.39, 0.29) is 18.9 Å². The summed E-state index contributed by atoms with van der Waals surface area (Å²) in [7, 11) is 0. The lowest BCUT2D eigenvalue weighted by atomic mass is 10.2. The molecule has 5 heteroatoms. The molecule has 78 valence electrons. The highest BCUT2D eigenvalue weighted by atomic mass is 16.4. The van der Waals surface area contributed by atoms with Gasteiger partial charge in [0, 0.05) is 13.0 Å². The van der Waals surface area contributed by atoms with Gasteiger partial charge in [0.05, 0.1) is 6.10 Å². The summed E-state index contributed by atoms with van der Waals surface area (Å²) in [4.78, 5) is 23.3. The number of likely N-dealkylation sites (tertiary alicyclic amines) is 1. The summed E-state index contributed by atoms with van der Waals surface area (Å²) in [6.07, 6.45) is 2.23. The lowest BCUT2D eigenvalue weighted by molar-refractivity contribution is -0.146. The minimum absolute atomic E-state index is 0.0974. The Kier molecular flexibility index (Phi) is 3.24. The topological polar surface area (TPSA) is 77.8 Å². The number of amides is 1. The normalized spacial score (nSPS) is 27.1. The molecule has 1 amide bonds. The van der Waals surface area contributed by atoms with Crippen LogP contribution in [0.1, 0.15) is 13.3 Å². The predicted molar refractivity (Wildman–Crippen MR) is 48.6 cm³/mol. The van der Waals surface area contributed by atoms with Crippen LogP contribution in [0.4, 0.5) is 0 Å². The third kappa shape index (κ3) is 2.11. The van der Waals surface area contributed by atoms with Crippen LogP contribution < -0.4 is 0 Å². The maximum absolute atomic E-state index is 11.4. The average molecular weight is 199 g/mol. The Morgan fingerprint density at radius 1 is 1.50 bits per heavy atom. The fourth-order valence-corrected chi connectivity index (χ4v) is 1.53. The number of aliphatic hydroxyl groups is 1. The van der Waals surface area contributed by atoms with E-state index >= 15 is 0 Å². The molecule has 0 unspecified atom stereocenters. The van der Waals surface area contributed by atoms with Crippen molar-refractivity contribution in [3.8, 4) is 0 Å². The second-order valence-corrected chi connectivity index (χ2v) is 3.23. The number of β-amino-alcohol motifs (C(OH)–C–C–N with tert-alkyl or cyclic N) is 1. The molecule has 0 aromatic heterocycles. The average Bonchev–Trinajstić information content (AvgIpc) is 2.48. The molecule has 0 saturated carbocycles. The zero-order valence-corrected chi connectivity index (χ0v) is 7.88. The van der Waals surface area contributed by atoms with Gasteiger partial charge in [-0.05, 0) is 13.0 Å². The molecule has 0 aliphatic carbocycles. The van der Waals surface area contributed by atoms with E-state index in [4.69, 9.17) is 5.11 Å². The molecule has 0 spiro atoms. The van der Waals surface area contributed by atoms with Gasteiger partial charge in [0.2, 0.25) is 5.91 Å². The number of carbonyl (C=O) groups is 2. The smallest absolute Gasteiger partial charge is 0.326 e. The molecule has 1 heterocycles. The van der Waals surface area contributed by atoms with E-state index in [1.165, 1.54) is 11.0 Å². The molecular formula is C9H13NO4. The van der Waals surface area contributed by atoms with Crippen molar-refractivity contribution in [2.24, 2.45) is 0 Å². The number of hydrogen-bond donors (Lipinski definition) is 2. The number of hydrogen-bond acceptors (Lipinski definition) is 3. The molecule has 1 fully saturated rings. The monoisotopic (exact) mass is 199 g/mol. The highest BCUT2D eigenvalue weighted by molar-refractivity contribution is 5.91. The SMILES string of the molecule is CC=CC(=O)N1C[C@H](O)C[C@@H]1C(=O)O. The fourth-order valence-electron chi connectivity index (χ4n) is 1.53. The first-order chi connectivity index (χ1) is 6.56. The van der Waals surface area contributed by atoms with E-state index in [1.54, 1.807) is 13.0 Å². The van der Waals surface area contributed by atoms with Crippen LogP contribution in [0.3, 0.4) is 0 Å². The number of allylic oxidation sites excluding steroid dienone is 1. The second-order valence-electron chi connectivity index (χ2n) is 3.23. The van der Waals surface area contributed by atoms with Crippen LogP contribution >= 0.6 is 0 Å². The summed E-state index contributed by atoms with van der Waals surface area (Å²) in [5, 5.41) is 18.0. The number of rotatable bonds is 2. The molecule has 1 aliphatic heterocycles. The van der Waals surface area contributed by atoms with E-state index in [2.05, 4.69) is 0 Å². The number of aliphatic hydroxyl groups excluding tert-OH is 1. The van der Waals surface area contributed by atoms with E-state index in [1.807, 2.05) is 0 Å². The molecule has 2 N–H and O–H groups in total. The summed E-state index contributed by atoms with van der Waals surface area (Å²) in [5.41, 5.74) is 0. The van der Waals surface area contributed by atoms with Gasteiger partial charge in [0.15, 0.2) is 0 Å². The van der Waals surface area contributed by atoms with Crippen molar-refractivity contribution < 1.29 is 19.8 Å². The van der Waals surface area contributed by atoms with Crippen LogP contribution in [0.5, 0.6) is 0 Å². The van der Waals surface area contributed by atoms with Crippen LogP contribution in [0, 0.1) is 0 Å². The minimum Gasteiger partial charge on any atom is -0.480 e. The number of aliphatic carboxylic acids is 1. The molecule has 14 heavy (non-hydrogen) atoms. The van der Waals surface area contributed by atoms with Crippen molar-refractivity contribution >= 4 is 11.9 Å². The van der Waals surface area contributed by atoms with Crippen molar-refractivity contribution in [1.82, 2.24) is 4.90 Å². The number of carbonyl (C=O) groups excluding carboxylic acids is 1. The van der Waals surface area contributed by atoms with Gasteiger partial charge in [-0.3, -0.25) is 4.79 Å². The molecule has 2 atom stereocenters. The van der Waals surface area contributed by atoms with E-state index in [9.17, 15) is 14.7 Å². The third-order valence-electron chi connectivity index (χ3n) is 2.16. The maximum atomic E-state index is 11.4. The summed E-state index contributed by atoms with van der Waals surface area (Å²) >= 11 is 0. The molecule has 1 saturated heterocycles. The number of nitrogens with zero attached hydrogens (tertiary/aromatic N) is 1. The summed E-state index contributed by atoms with van der Waals surface area (Å²) in [6.45, 7) is 1.78. The third-order valence-corrected chi connectivity index (χ3v) is 2.16. The van der Waals surface area contributed by atoms with Crippen molar-refractivity contribution in [1.29, 1.82) is 0 Å². The zero-order valence-electron chi connectivity index (χ0n) is 7.88. The summed E-state index contributed by atoms with van der Waals surface area (Å²) < 4.78 is 0. The van der Waals surface area contributed by atoms with Crippen molar-refractivity contribution in [2.75, 3.05) is 6.54 Å². The molecule has 1 rings (SSSR count). The minimum atomic E-state index is -1.07. The van der Waals surface area contributed by atoms with Crippen LogP contribution in [0.25, 0.3) is 0 Å². The van der Waals surface area contributed by atoms with Crippen LogP contribution in [-0.4, -0.2) is 45.7 Å². The van der Waals surface area contributed by atoms with Gasteiger partial charge in [-0.25, -0.2) is 4.79 Å².